The van der Waals surface area contributed by atoms with E-state index >= 15 is 0 Å². The van der Waals surface area contributed by atoms with Gasteiger partial charge in [-0.15, -0.1) is 0 Å². The molecule has 5 heteroatoms. The quantitative estimate of drug-likeness (QED) is 0.823. The Balaban J connectivity index is 1.99. The second kappa shape index (κ2) is 5.31. The van der Waals surface area contributed by atoms with Gasteiger partial charge in [0.05, 0.1) is 12.2 Å². The molecule has 5 nitrogen and oxygen atoms in total. The lowest BCUT2D eigenvalue weighted by molar-refractivity contribution is -0.131. The molecule has 1 aliphatic rings. The SMILES string of the molecule is CNCC(=O)N1CCCC(c2ccn(C)n2)C1. The van der Waals surface area contributed by atoms with Gasteiger partial charge >= 0.3 is 0 Å². The minimum Gasteiger partial charge on any atom is -0.341 e. The molecule has 1 fully saturated rings. The van der Waals surface area contributed by atoms with Gasteiger partial charge in [0, 0.05) is 32.3 Å². The highest BCUT2D eigenvalue weighted by atomic mass is 16.2. The molecule has 1 aromatic heterocycles. The van der Waals surface area contributed by atoms with Crippen LogP contribution >= 0.6 is 0 Å². The van der Waals surface area contributed by atoms with Gasteiger partial charge in [-0.25, -0.2) is 0 Å². The Morgan fingerprint density at radius 1 is 1.65 bits per heavy atom. The Morgan fingerprint density at radius 3 is 3.12 bits per heavy atom. The molecule has 1 aliphatic heterocycles. The van der Waals surface area contributed by atoms with Crippen molar-refractivity contribution in [2.24, 2.45) is 7.05 Å². The summed E-state index contributed by atoms with van der Waals surface area (Å²) < 4.78 is 1.82. The maximum Gasteiger partial charge on any atom is 0.236 e. The third-order valence-corrected chi connectivity index (χ3v) is 3.25. The van der Waals surface area contributed by atoms with Crippen LogP contribution in [0.5, 0.6) is 0 Å². The lowest BCUT2D eigenvalue weighted by Gasteiger charge is -2.32. The molecule has 0 aliphatic carbocycles. The van der Waals surface area contributed by atoms with Crippen LogP contribution in [0, 0.1) is 0 Å². The van der Waals surface area contributed by atoms with E-state index in [2.05, 4.69) is 16.5 Å². The monoisotopic (exact) mass is 236 g/mol. The van der Waals surface area contributed by atoms with E-state index in [1.165, 1.54) is 0 Å². The van der Waals surface area contributed by atoms with Gasteiger partial charge in [0.1, 0.15) is 0 Å². The number of carbonyl (C=O) groups excluding carboxylic acids is 1. The largest absolute Gasteiger partial charge is 0.341 e. The summed E-state index contributed by atoms with van der Waals surface area (Å²) in [5, 5.41) is 7.35. The van der Waals surface area contributed by atoms with Crippen molar-refractivity contribution in [1.82, 2.24) is 20.0 Å². The molecule has 2 rings (SSSR count). The topological polar surface area (TPSA) is 50.2 Å². The molecule has 0 saturated carbocycles. The number of likely N-dealkylation sites (N-methyl/N-ethyl adjacent to an activating group) is 1. The van der Waals surface area contributed by atoms with Crippen molar-refractivity contribution >= 4 is 5.91 Å². The molecule has 1 N–H and O–H groups in total. The summed E-state index contributed by atoms with van der Waals surface area (Å²) in [4.78, 5) is 13.8. The number of amides is 1. The van der Waals surface area contributed by atoms with Crippen molar-refractivity contribution in [2.45, 2.75) is 18.8 Å². The van der Waals surface area contributed by atoms with Crippen LogP contribution in [0.25, 0.3) is 0 Å². The van der Waals surface area contributed by atoms with Crippen LogP contribution in [0.4, 0.5) is 0 Å². The molecule has 2 heterocycles. The van der Waals surface area contributed by atoms with Gasteiger partial charge in [-0.2, -0.15) is 5.10 Å². The summed E-state index contributed by atoms with van der Waals surface area (Å²) in [5.41, 5.74) is 1.11. The van der Waals surface area contributed by atoms with Crippen molar-refractivity contribution in [2.75, 3.05) is 26.7 Å². The van der Waals surface area contributed by atoms with Gasteiger partial charge in [0.25, 0.3) is 0 Å². The second-order valence-electron chi connectivity index (χ2n) is 4.62. The lowest BCUT2D eigenvalue weighted by Crippen LogP contribution is -2.42. The Kier molecular flexibility index (Phi) is 3.78. The van der Waals surface area contributed by atoms with Crippen molar-refractivity contribution in [1.29, 1.82) is 0 Å². The van der Waals surface area contributed by atoms with Crippen molar-refractivity contribution in [3.63, 3.8) is 0 Å². The fourth-order valence-electron chi connectivity index (χ4n) is 2.36. The highest BCUT2D eigenvalue weighted by Crippen LogP contribution is 2.25. The zero-order chi connectivity index (χ0) is 12.3. The predicted molar refractivity (Wildman–Crippen MR) is 65.7 cm³/mol. The molecular weight excluding hydrogens is 216 g/mol. The summed E-state index contributed by atoms with van der Waals surface area (Å²) in [6, 6.07) is 2.05. The van der Waals surface area contributed by atoms with Crippen LogP contribution < -0.4 is 5.32 Å². The maximum absolute atomic E-state index is 11.8. The van der Waals surface area contributed by atoms with Crippen LogP contribution in [0.3, 0.4) is 0 Å². The molecule has 1 aromatic rings. The molecule has 0 radical (unpaired) electrons. The minimum absolute atomic E-state index is 0.188. The molecule has 94 valence electrons. The summed E-state index contributed by atoms with van der Waals surface area (Å²) in [5.74, 6) is 0.582. The Labute approximate surface area is 102 Å². The number of hydrogen-bond acceptors (Lipinski definition) is 3. The third kappa shape index (κ3) is 2.85. The molecule has 1 saturated heterocycles. The van der Waals surface area contributed by atoms with Crippen LogP contribution in [0.15, 0.2) is 12.3 Å². The lowest BCUT2D eigenvalue weighted by atomic mass is 9.95. The number of piperidine rings is 1. The number of aryl methyl sites for hydroxylation is 1. The standard InChI is InChI=1S/C12H20N4O/c1-13-8-12(17)16-6-3-4-10(9-16)11-5-7-15(2)14-11/h5,7,10,13H,3-4,6,8-9H2,1-2H3. The molecular formula is C12H20N4O. The van der Waals surface area contributed by atoms with Gasteiger partial charge in [-0.3, -0.25) is 9.48 Å². The Bertz CT molecular complexity index is 388. The van der Waals surface area contributed by atoms with Gasteiger partial charge < -0.3 is 10.2 Å². The zero-order valence-corrected chi connectivity index (χ0v) is 10.5. The van der Waals surface area contributed by atoms with E-state index < -0.39 is 0 Å². The van der Waals surface area contributed by atoms with E-state index in [4.69, 9.17) is 0 Å². The first kappa shape index (κ1) is 12.1. The van der Waals surface area contributed by atoms with Crippen molar-refractivity contribution < 1.29 is 4.79 Å². The Morgan fingerprint density at radius 2 is 2.47 bits per heavy atom. The van der Waals surface area contributed by atoms with Gasteiger partial charge in [-0.05, 0) is 26.0 Å². The summed E-state index contributed by atoms with van der Waals surface area (Å²) in [7, 11) is 3.73. The van der Waals surface area contributed by atoms with Gasteiger partial charge in [-0.1, -0.05) is 0 Å². The molecule has 0 bridgehead atoms. The van der Waals surface area contributed by atoms with E-state index in [-0.39, 0.29) is 5.91 Å². The number of aromatic nitrogens is 2. The normalized spacial score (nSPS) is 20.6. The van der Waals surface area contributed by atoms with Crippen LogP contribution in [0.1, 0.15) is 24.5 Å². The molecule has 0 aromatic carbocycles. The van der Waals surface area contributed by atoms with Crippen molar-refractivity contribution in [3.8, 4) is 0 Å². The number of nitrogens with zero attached hydrogens (tertiary/aromatic N) is 3. The number of likely N-dealkylation sites (tertiary alicyclic amines) is 1. The summed E-state index contributed by atoms with van der Waals surface area (Å²) in [6.07, 6.45) is 4.15. The predicted octanol–water partition coefficient (Wildman–Crippen LogP) is 0.345. The highest BCUT2D eigenvalue weighted by Gasteiger charge is 2.25. The van der Waals surface area contributed by atoms with E-state index in [1.54, 1.807) is 7.05 Å². The second-order valence-corrected chi connectivity index (χ2v) is 4.62. The maximum atomic E-state index is 11.8. The van der Waals surface area contributed by atoms with Crippen LogP contribution in [-0.4, -0.2) is 47.3 Å². The number of rotatable bonds is 3. The first-order valence-electron chi connectivity index (χ1n) is 6.12. The highest BCUT2D eigenvalue weighted by molar-refractivity contribution is 5.78. The molecule has 0 spiro atoms. The number of nitrogens with one attached hydrogen (secondary N) is 1. The smallest absolute Gasteiger partial charge is 0.236 e. The van der Waals surface area contributed by atoms with E-state index in [0.717, 1.165) is 31.6 Å². The van der Waals surface area contributed by atoms with E-state index in [9.17, 15) is 4.79 Å². The van der Waals surface area contributed by atoms with E-state index in [0.29, 0.717) is 12.5 Å². The number of hydrogen-bond donors (Lipinski definition) is 1. The number of carbonyl (C=O) groups is 1. The van der Waals surface area contributed by atoms with Crippen LogP contribution in [0.2, 0.25) is 0 Å². The first-order valence-corrected chi connectivity index (χ1v) is 6.12. The molecule has 1 amide bonds. The summed E-state index contributed by atoms with van der Waals surface area (Å²) in [6.45, 7) is 2.11. The minimum atomic E-state index is 0.188. The third-order valence-electron chi connectivity index (χ3n) is 3.25. The van der Waals surface area contributed by atoms with Gasteiger partial charge in [0.15, 0.2) is 0 Å². The molecule has 17 heavy (non-hydrogen) atoms. The van der Waals surface area contributed by atoms with Crippen LogP contribution in [-0.2, 0) is 11.8 Å². The average molecular weight is 236 g/mol. The molecule has 1 atom stereocenters. The summed E-state index contributed by atoms with van der Waals surface area (Å²) >= 11 is 0. The zero-order valence-electron chi connectivity index (χ0n) is 10.5. The fraction of sp³-hybridized carbons (Fsp3) is 0.667. The van der Waals surface area contributed by atoms with E-state index in [1.807, 2.05) is 22.8 Å². The first-order chi connectivity index (χ1) is 8.20. The average Bonchev–Trinajstić information content (AvgIpc) is 2.76. The fourth-order valence-corrected chi connectivity index (χ4v) is 2.36. The van der Waals surface area contributed by atoms with Crippen molar-refractivity contribution in [3.05, 3.63) is 18.0 Å². The van der Waals surface area contributed by atoms with Gasteiger partial charge in [0.2, 0.25) is 5.91 Å². The molecule has 1 unspecified atom stereocenters. The Hall–Kier alpha value is -1.36.